The van der Waals surface area contributed by atoms with Crippen LogP contribution in [0.5, 0.6) is 5.88 Å². The number of nitrogens with one attached hydrogen (secondary N) is 1. The monoisotopic (exact) mass is 374 g/mol. The molecular formula is C16H14N4O5S. The minimum Gasteiger partial charge on any atom is -0.476 e. The molecule has 0 saturated carbocycles. The lowest BCUT2D eigenvalue weighted by molar-refractivity contribution is 0.0685. The first kappa shape index (κ1) is 17.6. The van der Waals surface area contributed by atoms with Crippen LogP contribution in [0.25, 0.3) is 11.1 Å². The predicted molar refractivity (Wildman–Crippen MR) is 90.9 cm³/mol. The van der Waals surface area contributed by atoms with Crippen molar-refractivity contribution in [2.45, 2.75) is 11.5 Å². The van der Waals surface area contributed by atoms with Crippen LogP contribution in [0.4, 0.5) is 0 Å². The number of nitrogens with zero attached hydrogens (tertiary/aromatic N) is 2. The number of sulfonamides is 1. The van der Waals surface area contributed by atoms with Crippen LogP contribution >= 0.6 is 0 Å². The molecule has 9 nitrogen and oxygen atoms in total. The van der Waals surface area contributed by atoms with E-state index < -0.39 is 16.0 Å². The fourth-order valence-corrected chi connectivity index (χ4v) is 2.76. The van der Waals surface area contributed by atoms with Gasteiger partial charge in [0.15, 0.2) is 0 Å². The van der Waals surface area contributed by atoms with Crippen LogP contribution in [0, 0.1) is 0 Å². The van der Waals surface area contributed by atoms with Crippen LogP contribution in [0.3, 0.4) is 0 Å². The van der Waals surface area contributed by atoms with E-state index in [1.165, 1.54) is 12.1 Å². The van der Waals surface area contributed by atoms with Gasteiger partial charge < -0.3 is 9.84 Å². The first-order valence-electron chi connectivity index (χ1n) is 7.34. The summed E-state index contributed by atoms with van der Waals surface area (Å²) in [7, 11) is -3.72. The van der Waals surface area contributed by atoms with E-state index in [4.69, 9.17) is 15.0 Å². The van der Waals surface area contributed by atoms with Gasteiger partial charge in [-0.3, -0.25) is 0 Å². The number of carbonyl (C=O) groups is 1. The van der Waals surface area contributed by atoms with Gasteiger partial charge in [-0.15, -0.1) is 0 Å². The summed E-state index contributed by atoms with van der Waals surface area (Å²) in [6, 6.07) is 13.5. The Kier molecular flexibility index (Phi) is 4.69. The lowest BCUT2D eigenvalue weighted by Gasteiger charge is -2.06. The fraction of sp³-hybridized carbons (Fsp3) is 0.0625. The van der Waals surface area contributed by atoms with Gasteiger partial charge >= 0.3 is 5.97 Å². The number of aromatic carboxylic acids is 1. The average Bonchev–Trinajstić information content (AvgIpc) is 3.09. The van der Waals surface area contributed by atoms with Crippen LogP contribution in [0.2, 0.25) is 0 Å². The Labute approximate surface area is 148 Å². The van der Waals surface area contributed by atoms with Crippen molar-refractivity contribution in [3.63, 3.8) is 0 Å². The van der Waals surface area contributed by atoms with E-state index in [0.717, 1.165) is 16.7 Å². The molecule has 0 amide bonds. The summed E-state index contributed by atoms with van der Waals surface area (Å²) in [5.41, 5.74) is 2.29. The van der Waals surface area contributed by atoms with Crippen molar-refractivity contribution in [3.05, 3.63) is 59.8 Å². The topological polar surface area (TPSA) is 148 Å². The highest BCUT2D eigenvalue weighted by atomic mass is 32.2. The molecule has 0 aliphatic rings. The number of ether oxygens (including phenoxy) is 1. The van der Waals surface area contributed by atoms with Crippen molar-refractivity contribution in [1.29, 1.82) is 0 Å². The Morgan fingerprint density at radius 1 is 1.08 bits per heavy atom. The third kappa shape index (κ3) is 3.87. The SMILES string of the molecule is NS(=O)(=O)c1ccc(-c2ccc(COc3nn[nH]c3C(=O)O)cc2)cc1. The van der Waals surface area contributed by atoms with Gasteiger partial charge in [0.25, 0.3) is 5.88 Å². The molecule has 0 aliphatic heterocycles. The number of hydrogen-bond acceptors (Lipinski definition) is 6. The zero-order valence-corrected chi connectivity index (χ0v) is 14.1. The Bertz CT molecular complexity index is 1030. The van der Waals surface area contributed by atoms with Gasteiger partial charge in [-0.05, 0) is 28.8 Å². The molecule has 3 aromatic rings. The molecular weight excluding hydrogens is 360 g/mol. The molecule has 0 saturated heterocycles. The zero-order valence-electron chi connectivity index (χ0n) is 13.3. The molecule has 134 valence electrons. The van der Waals surface area contributed by atoms with Gasteiger partial charge in [-0.1, -0.05) is 46.7 Å². The van der Waals surface area contributed by atoms with E-state index >= 15 is 0 Å². The van der Waals surface area contributed by atoms with Crippen LogP contribution in [0.15, 0.2) is 53.4 Å². The number of hydrogen-bond donors (Lipinski definition) is 3. The van der Waals surface area contributed by atoms with Crippen LogP contribution in [-0.2, 0) is 16.6 Å². The molecule has 0 radical (unpaired) electrons. The molecule has 1 aromatic heterocycles. The summed E-state index contributed by atoms with van der Waals surface area (Å²) in [5, 5.41) is 23.3. The molecule has 2 aromatic carbocycles. The second kappa shape index (κ2) is 6.94. The van der Waals surface area contributed by atoms with E-state index in [1.54, 1.807) is 12.1 Å². The van der Waals surface area contributed by atoms with Gasteiger partial charge in [-0.25, -0.2) is 23.4 Å². The number of primary sulfonamides is 1. The lowest BCUT2D eigenvalue weighted by Crippen LogP contribution is -2.11. The maximum Gasteiger partial charge on any atom is 0.359 e. The Morgan fingerprint density at radius 3 is 2.19 bits per heavy atom. The van der Waals surface area contributed by atoms with Crippen molar-refractivity contribution < 1.29 is 23.1 Å². The number of carboxylic acid groups (broad SMARTS) is 1. The van der Waals surface area contributed by atoms with Crippen molar-refractivity contribution in [1.82, 2.24) is 15.4 Å². The van der Waals surface area contributed by atoms with E-state index in [9.17, 15) is 13.2 Å². The van der Waals surface area contributed by atoms with E-state index in [0.29, 0.717) is 0 Å². The quantitative estimate of drug-likeness (QED) is 0.590. The van der Waals surface area contributed by atoms with Gasteiger partial charge in [0, 0.05) is 0 Å². The molecule has 4 N–H and O–H groups in total. The number of H-pyrrole nitrogens is 1. The predicted octanol–water partition coefficient (Wildman–Crippen LogP) is 1.40. The molecule has 1 heterocycles. The van der Waals surface area contributed by atoms with Crippen LogP contribution < -0.4 is 9.88 Å². The molecule has 0 fully saturated rings. The fourth-order valence-electron chi connectivity index (χ4n) is 2.24. The maximum atomic E-state index is 11.3. The summed E-state index contributed by atoms with van der Waals surface area (Å²) >= 11 is 0. The van der Waals surface area contributed by atoms with Crippen LogP contribution in [0.1, 0.15) is 16.1 Å². The molecule has 3 rings (SSSR count). The maximum absolute atomic E-state index is 11.3. The minimum absolute atomic E-state index is 0.0492. The van der Waals surface area contributed by atoms with Crippen molar-refractivity contribution in [3.8, 4) is 17.0 Å². The van der Waals surface area contributed by atoms with Gasteiger partial charge in [0.2, 0.25) is 15.7 Å². The third-order valence-electron chi connectivity index (χ3n) is 3.58. The first-order valence-corrected chi connectivity index (χ1v) is 8.88. The first-order chi connectivity index (χ1) is 12.3. The number of carboxylic acids is 1. The van der Waals surface area contributed by atoms with Crippen molar-refractivity contribution >= 4 is 16.0 Å². The highest BCUT2D eigenvalue weighted by Gasteiger charge is 2.15. The highest BCUT2D eigenvalue weighted by molar-refractivity contribution is 7.89. The van der Waals surface area contributed by atoms with E-state index in [2.05, 4.69) is 15.4 Å². The largest absolute Gasteiger partial charge is 0.476 e. The molecule has 10 heteroatoms. The summed E-state index contributed by atoms with van der Waals surface area (Å²) in [4.78, 5) is 11.0. The zero-order chi connectivity index (χ0) is 18.7. The molecule has 0 unspecified atom stereocenters. The van der Waals surface area contributed by atoms with Crippen LogP contribution in [-0.4, -0.2) is 34.9 Å². The van der Waals surface area contributed by atoms with E-state index in [-0.39, 0.29) is 23.1 Å². The summed E-state index contributed by atoms with van der Waals surface area (Å²) in [5.74, 6) is -1.29. The molecule has 0 spiro atoms. The Hall–Kier alpha value is -3.24. The lowest BCUT2D eigenvalue weighted by atomic mass is 10.0. The molecule has 0 bridgehead atoms. The van der Waals surface area contributed by atoms with E-state index in [1.807, 2.05) is 24.3 Å². The summed E-state index contributed by atoms with van der Waals surface area (Å²) in [6.45, 7) is 0.122. The summed E-state index contributed by atoms with van der Waals surface area (Å²) < 4.78 is 27.9. The van der Waals surface area contributed by atoms with Gasteiger partial charge in [-0.2, -0.15) is 0 Å². The average molecular weight is 374 g/mol. The Morgan fingerprint density at radius 2 is 1.65 bits per heavy atom. The minimum atomic E-state index is -3.72. The smallest absolute Gasteiger partial charge is 0.359 e. The highest BCUT2D eigenvalue weighted by Crippen LogP contribution is 2.22. The number of rotatable bonds is 6. The second-order valence-electron chi connectivity index (χ2n) is 5.35. The molecule has 0 aliphatic carbocycles. The summed E-state index contributed by atoms with van der Waals surface area (Å²) in [6.07, 6.45) is 0. The molecule has 0 atom stereocenters. The van der Waals surface area contributed by atoms with Crippen molar-refractivity contribution in [2.75, 3.05) is 0 Å². The number of nitrogens with two attached hydrogens (primary N) is 1. The third-order valence-corrected chi connectivity index (χ3v) is 4.51. The van der Waals surface area contributed by atoms with Gasteiger partial charge in [0.05, 0.1) is 4.90 Å². The normalized spacial score (nSPS) is 11.3. The number of benzene rings is 2. The standard InChI is InChI=1S/C16H14N4O5S/c17-26(23,24)13-7-5-12(6-8-13)11-3-1-10(2-4-11)9-25-15-14(16(21)22)18-20-19-15/h1-8H,9H2,(H,21,22)(H2,17,23,24)(H,18,19,20). The molecule has 26 heavy (non-hydrogen) atoms. The second-order valence-corrected chi connectivity index (χ2v) is 6.91. The number of aromatic nitrogens is 3. The van der Waals surface area contributed by atoms with Gasteiger partial charge in [0.1, 0.15) is 6.61 Å². The Balaban J connectivity index is 1.70. The van der Waals surface area contributed by atoms with Crippen molar-refractivity contribution in [2.24, 2.45) is 5.14 Å². The number of aromatic amines is 1.